The summed E-state index contributed by atoms with van der Waals surface area (Å²) in [4.78, 5) is 16.8. The summed E-state index contributed by atoms with van der Waals surface area (Å²) < 4.78 is 0. The summed E-state index contributed by atoms with van der Waals surface area (Å²) in [6.45, 7) is 4.63. The van der Waals surface area contributed by atoms with Crippen LogP contribution in [0.4, 0.5) is 5.69 Å². The van der Waals surface area contributed by atoms with Crippen LogP contribution in [0.3, 0.4) is 0 Å². The quantitative estimate of drug-likeness (QED) is 0.909. The molecule has 0 radical (unpaired) electrons. The highest BCUT2D eigenvalue weighted by atomic mass is 16.2. The van der Waals surface area contributed by atoms with Crippen LogP contribution in [0.15, 0.2) is 24.3 Å². The van der Waals surface area contributed by atoms with E-state index in [4.69, 9.17) is 0 Å². The highest BCUT2D eigenvalue weighted by Gasteiger charge is 2.26. The number of anilines is 1. The molecule has 2 heterocycles. The molecule has 1 aromatic carbocycles. The van der Waals surface area contributed by atoms with Crippen molar-refractivity contribution in [3.05, 3.63) is 35.7 Å². The van der Waals surface area contributed by atoms with Gasteiger partial charge in [-0.3, -0.25) is 4.79 Å². The van der Waals surface area contributed by atoms with Gasteiger partial charge in [-0.05, 0) is 43.5 Å². The molecular formula is C17H24N6O. The summed E-state index contributed by atoms with van der Waals surface area (Å²) in [6, 6.07) is 7.90. The molecule has 0 saturated carbocycles. The largest absolute Gasteiger partial charge is 0.375 e. The molecule has 1 aliphatic heterocycles. The van der Waals surface area contributed by atoms with Crippen molar-refractivity contribution in [2.45, 2.75) is 32.1 Å². The average molecular weight is 328 g/mol. The lowest BCUT2D eigenvalue weighted by Gasteiger charge is -2.30. The van der Waals surface area contributed by atoms with E-state index in [0.717, 1.165) is 56.0 Å². The Hall–Kier alpha value is -2.44. The molecule has 24 heavy (non-hydrogen) atoms. The Kier molecular flexibility index (Phi) is 5.08. The van der Waals surface area contributed by atoms with E-state index >= 15 is 0 Å². The Morgan fingerprint density at radius 1 is 1.29 bits per heavy atom. The number of tetrazole rings is 1. The van der Waals surface area contributed by atoms with Crippen molar-refractivity contribution >= 4 is 11.6 Å². The van der Waals surface area contributed by atoms with E-state index in [-0.39, 0.29) is 11.8 Å². The number of H-pyrrole nitrogens is 1. The lowest BCUT2D eigenvalue weighted by molar-refractivity contribution is 0.0711. The molecule has 1 aromatic heterocycles. The molecule has 0 spiro atoms. The van der Waals surface area contributed by atoms with Crippen LogP contribution in [-0.2, 0) is 0 Å². The van der Waals surface area contributed by atoms with Crippen LogP contribution in [0.1, 0.15) is 48.3 Å². The third kappa shape index (κ3) is 3.55. The number of carbonyl (C=O) groups excluding carboxylic acids is 1. The smallest absolute Gasteiger partial charge is 0.253 e. The predicted molar refractivity (Wildman–Crippen MR) is 92.1 cm³/mol. The molecular weight excluding hydrogens is 304 g/mol. The molecule has 0 atom stereocenters. The Morgan fingerprint density at radius 2 is 2.00 bits per heavy atom. The number of amides is 1. The number of nitrogens with one attached hydrogen (secondary N) is 1. The van der Waals surface area contributed by atoms with Crippen LogP contribution in [0.25, 0.3) is 0 Å². The van der Waals surface area contributed by atoms with Gasteiger partial charge in [0.25, 0.3) is 5.91 Å². The van der Waals surface area contributed by atoms with Crippen LogP contribution in [0.2, 0.25) is 0 Å². The second-order valence-corrected chi connectivity index (χ2v) is 6.30. The Labute approximate surface area is 142 Å². The average Bonchev–Trinajstić information content (AvgIpc) is 3.16. The summed E-state index contributed by atoms with van der Waals surface area (Å²) >= 11 is 0. The third-order valence-corrected chi connectivity index (χ3v) is 4.62. The number of aromatic nitrogens is 4. The van der Waals surface area contributed by atoms with Gasteiger partial charge in [-0.1, -0.05) is 12.1 Å². The van der Waals surface area contributed by atoms with Crippen molar-refractivity contribution in [2.75, 3.05) is 31.6 Å². The zero-order valence-corrected chi connectivity index (χ0v) is 14.3. The zero-order valence-electron chi connectivity index (χ0n) is 14.3. The molecule has 3 rings (SSSR count). The molecule has 0 unspecified atom stereocenters. The van der Waals surface area contributed by atoms with E-state index in [9.17, 15) is 4.79 Å². The van der Waals surface area contributed by atoms with Gasteiger partial charge in [-0.2, -0.15) is 5.21 Å². The minimum absolute atomic E-state index is 0.103. The first-order valence-corrected chi connectivity index (χ1v) is 8.53. The SMILES string of the molecule is CCCN(C)c1ccc(C(=O)N2CCC(c3nn[nH]n3)CC2)cc1. The van der Waals surface area contributed by atoms with Crippen molar-refractivity contribution in [1.29, 1.82) is 0 Å². The molecule has 0 aliphatic carbocycles. The molecule has 1 aliphatic rings. The molecule has 7 heteroatoms. The van der Waals surface area contributed by atoms with Crippen LogP contribution in [0, 0.1) is 0 Å². The normalized spacial score (nSPS) is 15.5. The molecule has 7 nitrogen and oxygen atoms in total. The van der Waals surface area contributed by atoms with Gasteiger partial charge < -0.3 is 9.80 Å². The van der Waals surface area contributed by atoms with Crippen LogP contribution < -0.4 is 4.90 Å². The lowest BCUT2D eigenvalue weighted by atomic mass is 9.95. The molecule has 128 valence electrons. The minimum Gasteiger partial charge on any atom is -0.375 e. The van der Waals surface area contributed by atoms with E-state index in [0.29, 0.717) is 0 Å². The van der Waals surface area contributed by atoms with E-state index in [1.54, 1.807) is 0 Å². The van der Waals surface area contributed by atoms with E-state index in [1.807, 2.05) is 29.2 Å². The summed E-state index contributed by atoms with van der Waals surface area (Å²) in [5.41, 5.74) is 1.89. The molecule has 1 fully saturated rings. The fourth-order valence-electron chi connectivity index (χ4n) is 3.19. The number of likely N-dealkylation sites (tertiary alicyclic amines) is 1. The first-order valence-electron chi connectivity index (χ1n) is 8.53. The van der Waals surface area contributed by atoms with E-state index < -0.39 is 0 Å². The number of benzene rings is 1. The second kappa shape index (κ2) is 7.42. The van der Waals surface area contributed by atoms with Gasteiger partial charge in [0.15, 0.2) is 5.82 Å². The van der Waals surface area contributed by atoms with Crippen molar-refractivity contribution in [1.82, 2.24) is 25.5 Å². The third-order valence-electron chi connectivity index (χ3n) is 4.62. The van der Waals surface area contributed by atoms with Crippen molar-refractivity contribution < 1.29 is 4.79 Å². The number of carbonyl (C=O) groups is 1. The van der Waals surface area contributed by atoms with Crippen molar-refractivity contribution in [3.63, 3.8) is 0 Å². The second-order valence-electron chi connectivity index (χ2n) is 6.30. The van der Waals surface area contributed by atoms with Crippen LogP contribution >= 0.6 is 0 Å². The number of rotatable bonds is 5. The van der Waals surface area contributed by atoms with E-state index in [2.05, 4.69) is 39.5 Å². The Bertz CT molecular complexity index is 646. The maximum atomic E-state index is 12.7. The molecule has 1 N–H and O–H groups in total. The summed E-state index contributed by atoms with van der Waals surface area (Å²) in [7, 11) is 2.07. The number of hydrogen-bond acceptors (Lipinski definition) is 5. The summed E-state index contributed by atoms with van der Waals surface area (Å²) in [5.74, 6) is 1.15. The predicted octanol–water partition coefficient (Wildman–Crippen LogP) is 2.07. The maximum Gasteiger partial charge on any atom is 0.253 e. The van der Waals surface area contributed by atoms with E-state index in [1.165, 1.54) is 0 Å². The first-order chi connectivity index (χ1) is 11.7. The fourth-order valence-corrected chi connectivity index (χ4v) is 3.19. The standard InChI is InChI=1S/C17H24N6O/c1-3-10-22(2)15-6-4-14(5-7-15)17(24)23-11-8-13(9-12-23)16-18-20-21-19-16/h4-7,13H,3,8-12H2,1-2H3,(H,18,19,20,21). The molecule has 1 saturated heterocycles. The lowest BCUT2D eigenvalue weighted by Crippen LogP contribution is -2.38. The summed E-state index contributed by atoms with van der Waals surface area (Å²) in [5, 5.41) is 14.2. The fraction of sp³-hybridized carbons (Fsp3) is 0.529. The van der Waals surface area contributed by atoms with Crippen molar-refractivity contribution in [3.8, 4) is 0 Å². The first kappa shape index (κ1) is 16.4. The number of aromatic amines is 1. The van der Waals surface area contributed by atoms with Crippen LogP contribution in [0.5, 0.6) is 0 Å². The maximum absolute atomic E-state index is 12.7. The van der Waals surface area contributed by atoms with Gasteiger partial charge >= 0.3 is 0 Å². The van der Waals surface area contributed by atoms with Gasteiger partial charge in [-0.15, -0.1) is 10.2 Å². The number of nitrogens with zero attached hydrogens (tertiary/aromatic N) is 5. The van der Waals surface area contributed by atoms with Crippen LogP contribution in [-0.4, -0.2) is 58.1 Å². The van der Waals surface area contributed by atoms with Gasteiger partial charge in [0.2, 0.25) is 0 Å². The van der Waals surface area contributed by atoms with Gasteiger partial charge in [0.05, 0.1) is 0 Å². The Morgan fingerprint density at radius 3 is 2.58 bits per heavy atom. The van der Waals surface area contributed by atoms with Crippen molar-refractivity contribution in [2.24, 2.45) is 0 Å². The van der Waals surface area contributed by atoms with Gasteiger partial charge in [0, 0.05) is 43.9 Å². The minimum atomic E-state index is 0.103. The topological polar surface area (TPSA) is 78.0 Å². The zero-order chi connectivity index (χ0) is 16.9. The monoisotopic (exact) mass is 328 g/mol. The molecule has 2 aromatic rings. The molecule has 1 amide bonds. The number of piperidine rings is 1. The molecule has 0 bridgehead atoms. The van der Waals surface area contributed by atoms with Gasteiger partial charge in [-0.25, -0.2) is 0 Å². The highest BCUT2D eigenvalue weighted by Crippen LogP contribution is 2.26. The van der Waals surface area contributed by atoms with Gasteiger partial charge in [0.1, 0.15) is 0 Å². The highest BCUT2D eigenvalue weighted by molar-refractivity contribution is 5.94. The Balaban J connectivity index is 1.59. The summed E-state index contributed by atoms with van der Waals surface area (Å²) in [6.07, 6.45) is 2.86. The number of hydrogen-bond donors (Lipinski definition) is 1.